The van der Waals surface area contributed by atoms with Crippen molar-refractivity contribution in [3.63, 3.8) is 0 Å². The van der Waals surface area contributed by atoms with Crippen LogP contribution in [0.25, 0.3) is 0 Å². The van der Waals surface area contributed by atoms with Crippen LogP contribution in [0, 0.1) is 6.92 Å². The van der Waals surface area contributed by atoms with Crippen LogP contribution in [0.4, 0.5) is 5.13 Å². The van der Waals surface area contributed by atoms with Gasteiger partial charge in [-0.25, -0.2) is 4.98 Å². The van der Waals surface area contributed by atoms with Crippen LogP contribution in [-0.2, 0) is 11.8 Å². The maximum Gasteiger partial charge on any atom is 0.253 e. The fourth-order valence-electron chi connectivity index (χ4n) is 2.51. The van der Waals surface area contributed by atoms with Gasteiger partial charge in [0.1, 0.15) is 0 Å². The number of carbonyl (C=O) groups is 2. The Bertz CT molecular complexity index is 1040. The van der Waals surface area contributed by atoms with E-state index in [1.165, 1.54) is 23.1 Å². The highest BCUT2D eigenvalue weighted by Gasteiger charge is 2.20. The molecular formula is C18H19BrN6O2S2. The smallest absolute Gasteiger partial charge is 0.253 e. The van der Waals surface area contributed by atoms with E-state index in [0.29, 0.717) is 21.7 Å². The predicted molar refractivity (Wildman–Crippen MR) is 117 cm³/mol. The highest BCUT2D eigenvalue weighted by Crippen LogP contribution is 2.21. The molecule has 0 aliphatic heterocycles. The molecule has 0 radical (unpaired) electrons. The van der Waals surface area contributed by atoms with Crippen LogP contribution in [-0.4, -0.2) is 37.3 Å². The topological polar surface area (TPSA) is 102 Å². The Labute approximate surface area is 184 Å². The molecule has 0 aliphatic carbocycles. The Hall–Kier alpha value is -2.24. The van der Waals surface area contributed by atoms with Crippen molar-refractivity contribution in [2.75, 3.05) is 11.1 Å². The number of hydrogen-bond donors (Lipinski definition) is 2. The van der Waals surface area contributed by atoms with Crippen molar-refractivity contribution in [1.29, 1.82) is 0 Å². The Kier molecular flexibility index (Phi) is 7.04. The van der Waals surface area contributed by atoms with Gasteiger partial charge in [0, 0.05) is 16.9 Å². The zero-order chi connectivity index (χ0) is 21.0. The number of halogens is 1. The lowest BCUT2D eigenvalue weighted by atomic mass is 10.2. The highest BCUT2D eigenvalue weighted by molar-refractivity contribution is 9.10. The summed E-state index contributed by atoms with van der Waals surface area (Å²) >= 11 is 6.04. The minimum Gasteiger partial charge on any atom is -0.342 e. The van der Waals surface area contributed by atoms with Crippen LogP contribution in [0.5, 0.6) is 0 Å². The average Bonchev–Trinajstić information content (AvgIpc) is 3.25. The number of amides is 2. The van der Waals surface area contributed by atoms with E-state index in [-0.39, 0.29) is 23.6 Å². The number of rotatable bonds is 7. The number of anilines is 1. The van der Waals surface area contributed by atoms with Gasteiger partial charge in [0.15, 0.2) is 16.1 Å². The molecule has 11 heteroatoms. The minimum absolute atomic E-state index is 0.163. The SMILES string of the molecule is Cc1csc(NC(=O)CSc2nnc([C@@H](C)NC(=O)c3ccccc3Br)n2C)n1. The van der Waals surface area contributed by atoms with Gasteiger partial charge in [0.2, 0.25) is 5.91 Å². The van der Waals surface area contributed by atoms with Gasteiger partial charge in [-0.05, 0) is 41.9 Å². The van der Waals surface area contributed by atoms with Gasteiger partial charge in [-0.3, -0.25) is 9.59 Å². The molecule has 2 N–H and O–H groups in total. The molecule has 3 rings (SSSR count). The Balaban J connectivity index is 1.59. The quantitative estimate of drug-likeness (QED) is 0.486. The molecule has 0 saturated carbocycles. The third kappa shape index (κ3) is 5.43. The highest BCUT2D eigenvalue weighted by atomic mass is 79.9. The Morgan fingerprint density at radius 2 is 2.07 bits per heavy atom. The van der Waals surface area contributed by atoms with Crippen molar-refractivity contribution in [2.24, 2.45) is 7.05 Å². The molecule has 0 saturated heterocycles. The van der Waals surface area contributed by atoms with E-state index in [1.807, 2.05) is 31.4 Å². The van der Waals surface area contributed by atoms with Crippen LogP contribution in [0.2, 0.25) is 0 Å². The first kappa shape index (κ1) is 21.5. The van der Waals surface area contributed by atoms with E-state index in [9.17, 15) is 9.59 Å². The first-order valence-corrected chi connectivity index (χ1v) is 11.3. The summed E-state index contributed by atoms with van der Waals surface area (Å²) in [7, 11) is 1.81. The van der Waals surface area contributed by atoms with Crippen LogP contribution in [0.1, 0.15) is 34.8 Å². The molecule has 0 spiro atoms. The first-order valence-electron chi connectivity index (χ1n) is 8.64. The number of aromatic nitrogens is 4. The molecule has 2 amide bonds. The molecule has 0 fully saturated rings. The second kappa shape index (κ2) is 9.51. The third-order valence-electron chi connectivity index (χ3n) is 3.92. The molecule has 1 atom stereocenters. The van der Waals surface area contributed by atoms with Gasteiger partial charge < -0.3 is 15.2 Å². The molecule has 2 aromatic heterocycles. The Morgan fingerprint density at radius 3 is 2.76 bits per heavy atom. The second-order valence-electron chi connectivity index (χ2n) is 6.21. The number of benzene rings is 1. The van der Waals surface area contributed by atoms with Crippen LogP contribution < -0.4 is 10.6 Å². The van der Waals surface area contributed by atoms with E-state index in [2.05, 4.69) is 41.7 Å². The maximum atomic E-state index is 12.5. The van der Waals surface area contributed by atoms with Crippen LogP contribution in [0.15, 0.2) is 39.3 Å². The average molecular weight is 495 g/mol. The zero-order valence-electron chi connectivity index (χ0n) is 16.0. The summed E-state index contributed by atoms with van der Waals surface area (Å²) in [5.41, 5.74) is 1.42. The molecule has 1 aromatic carbocycles. The van der Waals surface area contributed by atoms with E-state index < -0.39 is 0 Å². The van der Waals surface area contributed by atoms with Crippen molar-refractivity contribution in [3.05, 3.63) is 51.2 Å². The van der Waals surface area contributed by atoms with Crippen LogP contribution >= 0.6 is 39.0 Å². The van der Waals surface area contributed by atoms with Crippen molar-refractivity contribution >= 4 is 56.0 Å². The van der Waals surface area contributed by atoms with Crippen molar-refractivity contribution < 1.29 is 9.59 Å². The van der Waals surface area contributed by atoms with Gasteiger partial charge in [-0.1, -0.05) is 23.9 Å². The fourth-order valence-corrected chi connectivity index (χ4v) is 4.40. The number of aryl methyl sites for hydroxylation is 1. The van der Waals surface area contributed by atoms with Crippen molar-refractivity contribution in [3.8, 4) is 0 Å². The molecule has 29 heavy (non-hydrogen) atoms. The summed E-state index contributed by atoms with van der Waals surface area (Å²) in [6.45, 7) is 3.71. The summed E-state index contributed by atoms with van der Waals surface area (Å²) in [5, 5.41) is 17.0. The maximum absolute atomic E-state index is 12.5. The monoisotopic (exact) mass is 494 g/mol. The van der Waals surface area contributed by atoms with E-state index in [1.54, 1.807) is 23.7 Å². The number of hydrogen-bond acceptors (Lipinski definition) is 7. The van der Waals surface area contributed by atoms with Crippen LogP contribution in [0.3, 0.4) is 0 Å². The molecule has 8 nitrogen and oxygen atoms in total. The van der Waals surface area contributed by atoms with E-state index >= 15 is 0 Å². The van der Waals surface area contributed by atoms with Gasteiger partial charge in [-0.15, -0.1) is 21.5 Å². The molecule has 3 aromatic rings. The number of carbonyl (C=O) groups excluding carboxylic acids is 2. The third-order valence-corrected chi connectivity index (χ3v) is 6.51. The summed E-state index contributed by atoms with van der Waals surface area (Å²) < 4.78 is 2.50. The predicted octanol–water partition coefficient (Wildman–Crippen LogP) is 3.56. The van der Waals surface area contributed by atoms with Crippen molar-refractivity contribution in [1.82, 2.24) is 25.1 Å². The molecule has 2 heterocycles. The van der Waals surface area contributed by atoms with Gasteiger partial charge in [-0.2, -0.15) is 0 Å². The van der Waals surface area contributed by atoms with Gasteiger partial charge in [0.05, 0.1) is 23.1 Å². The largest absolute Gasteiger partial charge is 0.342 e. The van der Waals surface area contributed by atoms with Gasteiger partial charge in [0.25, 0.3) is 5.91 Å². The first-order chi connectivity index (χ1) is 13.8. The lowest BCUT2D eigenvalue weighted by Gasteiger charge is -2.14. The van der Waals surface area contributed by atoms with E-state index in [0.717, 1.165) is 10.2 Å². The van der Waals surface area contributed by atoms with Gasteiger partial charge >= 0.3 is 0 Å². The summed E-state index contributed by atoms with van der Waals surface area (Å²) in [6.07, 6.45) is 0. The molecule has 0 unspecified atom stereocenters. The lowest BCUT2D eigenvalue weighted by Crippen LogP contribution is -2.28. The summed E-state index contributed by atoms with van der Waals surface area (Å²) in [5.74, 6) is 0.413. The lowest BCUT2D eigenvalue weighted by molar-refractivity contribution is -0.113. The summed E-state index contributed by atoms with van der Waals surface area (Å²) in [4.78, 5) is 28.8. The fraction of sp³-hybridized carbons (Fsp3) is 0.278. The number of thiazole rings is 1. The standard InChI is InChI=1S/C18H19BrN6O2S2/c1-10-8-28-17(20-10)22-14(26)9-29-18-24-23-15(25(18)3)11(2)21-16(27)12-6-4-5-7-13(12)19/h4-8,11H,9H2,1-3H3,(H,21,27)(H,20,22,26)/t11-/m1/s1. The number of nitrogens with zero attached hydrogens (tertiary/aromatic N) is 4. The minimum atomic E-state index is -0.353. The number of thioether (sulfide) groups is 1. The molecule has 0 aliphatic rings. The van der Waals surface area contributed by atoms with E-state index in [4.69, 9.17) is 0 Å². The summed E-state index contributed by atoms with van der Waals surface area (Å²) in [6, 6.07) is 6.86. The molecular weight excluding hydrogens is 476 g/mol. The van der Waals surface area contributed by atoms with Crippen molar-refractivity contribution in [2.45, 2.75) is 25.0 Å². The zero-order valence-corrected chi connectivity index (χ0v) is 19.2. The second-order valence-corrected chi connectivity index (χ2v) is 8.86. The Morgan fingerprint density at radius 1 is 1.31 bits per heavy atom. The molecule has 152 valence electrons. The number of nitrogens with one attached hydrogen (secondary N) is 2. The normalized spacial score (nSPS) is 11.9. The molecule has 0 bridgehead atoms.